The monoisotopic (exact) mass is 597 g/mol. The summed E-state index contributed by atoms with van der Waals surface area (Å²) in [6.07, 6.45) is 0. The number of hydrogen-bond acceptors (Lipinski definition) is 1. The highest BCUT2D eigenvalue weighted by molar-refractivity contribution is 6.28. The Morgan fingerprint density at radius 2 is 1.04 bits per heavy atom. The van der Waals surface area contributed by atoms with E-state index in [2.05, 4.69) is 166 Å². The van der Waals surface area contributed by atoms with Gasteiger partial charge in [-0.2, -0.15) is 0 Å². The lowest BCUT2D eigenvalue weighted by molar-refractivity contribution is 0.666. The number of rotatable bonds is 2. The van der Waals surface area contributed by atoms with E-state index in [0.717, 1.165) is 22.2 Å². The van der Waals surface area contributed by atoms with Gasteiger partial charge in [0.05, 0.1) is 11.2 Å². The van der Waals surface area contributed by atoms with Crippen molar-refractivity contribution in [1.29, 1.82) is 0 Å². The highest BCUT2D eigenvalue weighted by Crippen LogP contribution is 2.53. The second kappa shape index (κ2) is 9.61. The van der Waals surface area contributed by atoms with Crippen LogP contribution in [-0.4, -0.2) is 4.98 Å². The summed E-state index contributed by atoms with van der Waals surface area (Å²) in [7, 11) is 0. The molecule has 10 rings (SSSR count). The van der Waals surface area contributed by atoms with Crippen LogP contribution in [0.25, 0.3) is 87.5 Å². The standard InChI is InChI=1S/C46H31N/c1-46(2)41-17-9-8-15-35(41)39-25-24-38-34-21-19-29(27-40(34)33-14-6-7-16-37(33)44(38)45(39)46)30-22-23-36(32-13-5-4-12-31(30)32)43-26-20-28-11-3-10-18-42(28)47-43/h3-27H,1-2H3. The third-order valence-corrected chi connectivity index (χ3v) is 10.6. The third-order valence-electron chi connectivity index (χ3n) is 10.6. The van der Waals surface area contributed by atoms with Gasteiger partial charge in [0.1, 0.15) is 0 Å². The summed E-state index contributed by atoms with van der Waals surface area (Å²) < 4.78 is 0. The van der Waals surface area contributed by atoms with E-state index in [1.807, 2.05) is 0 Å². The molecule has 0 saturated heterocycles. The van der Waals surface area contributed by atoms with E-state index in [4.69, 9.17) is 4.98 Å². The Bertz CT molecular complexity index is 2750. The van der Waals surface area contributed by atoms with Gasteiger partial charge in [0.2, 0.25) is 0 Å². The van der Waals surface area contributed by atoms with E-state index in [0.29, 0.717) is 0 Å². The maximum atomic E-state index is 5.05. The number of benzene rings is 8. The second-order valence-corrected chi connectivity index (χ2v) is 13.5. The van der Waals surface area contributed by atoms with Crippen molar-refractivity contribution in [1.82, 2.24) is 4.98 Å². The normalized spacial score (nSPS) is 13.5. The van der Waals surface area contributed by atoms with Crippen LogP contribution >= 0.6 is 0 Å². The summed E-state index contributed by atoms with van der Waals surface area (Å²) in [5.74, 6) is 0. The van der Waals surface area contributed by atoms with Crippen molar-refractivity contribution in [2.24, 2.45) is 0 Å². The van der Waals surface area contributed by atoms with E-state index in [-0.39, 0.29) is 5.41 Å². The third kappa shape index (κ3) is 3.69. The van der Waals surface area contributed by atoms with E-state index >= 15 is 0 Å². The molecule has 0 saturated carbocycles. The molecule has 0 spiro atoms. The fourth-order valence-corrected chi connectivity index (χ4v) is 8.47. The molecule has 0 fully saturated rings. The molecule has 1 nitrogen and oxygen atoms in total. The van der Waals surface area contributed by atoms with Crippen molar-refractivity contribution in [3.63, 3.8) is 0 Å². The summed E-state index contributed by atoms with van der Waals surface area (Å²) in [4.78, 5) is 5.05. The zero-order chi connectivity index (χ0) is 31.3. The van der Waals surface area contributed by atoms with Gasteiger partial charge in [-0.3, -0.25) is 0 Å². The minimum absolute atomic E-state index is 0.0810. The quantitative estimate of drug-likeness (QED) is 0.181. The Morgan fingerprint density at radius 3 is 1.91 bits per heavy atom. The van der Waals surface area contributed by atoms with Crippen LogP contribution in [0.3, 0.4) is 0 Å². The largest absolute Gasteiger partial charge is 0.248 e. The van der Waals surface area contributed by atoms with Gasteiger partial charge in [0, 0.05) is 16.4 Å². The fourth-order valence-electron chi connectivity index (χ4n) is 8.47. The molecule has 1 aromatic heterocycles. The zero-order valence-corrected chi connectivity index (χ0v) is 26.4. The molecule has 0 N–H and O–H groups in total. The Morgan fingerprint density at radius 1 is 0.426 bits per heavy atom. The summed E-state index contributed by atoms with van der Waals surface area (Å²) >= 11 is 0. The highest BCUT2D eigenvalue weighted by atomic mass is 14.7. The van der Waals surface area contributed by atoms with Crippen LogP contribution in [0.4, 0.5) is 0 Å². The summed E-state index contributed by atoms with van der Waals surface area (Å²) in [6.45, 7) is 4.78. The predicted octanol–water partition coefficient (Wildman–Crippen LogP) is 12.5. The topological polar surface area (TPSA) is 12.9 Å². The Hall–Kier alpha value is -5.79. The maximum Gasteiger partial charge on any atom is 0.0715 e. The Balaban J connectivity index is 1.21. The molecule has 1 heterocycles. The van der Waals surface area contributed by atoms with E-state index in [9.17, 15) is 0 Å². The highest BCUT2D eigenvalue weighted by Gasteiger charge is 2.37. The Labute approximate surface area is 273 Å². The number of nitrogens with zero attached hydrogens (tertiary/aromatic N) is 1. The van der Waals surface area contributed by atoms with Crippen LogP contribution in [-0.2, 0) is 5.41 Å². The fraction of sp³-hybridized carbons (Fsp3) is 0.0652. The zero-order valence-electron chi connectivity index (χ0n) is 26.4. The van der Waals surface area contributed by atoms with Gasteiger partial charge < -0.3 is 0 Å². The molecule has 0 atom stereocenters. The molecular formula is C46H31N. The van der Waals surface area contributed by atoms with Crippen LogP contribution in [0.2, 0.25) is 0 Å². The number of fused-ring (bicyclic) bond motifs is 12. The first-order valence-corrected chi connectivity index (χ1v) is 16.5. The van der Waals surface area contributed by atoms with Gasteiger partial charge >= 0.3 is 0 Å². The number of pyridine rings is 1. The van der Waals surface area contributed by atoms with Gasteiger partial charge in [0.25, 0.3) is 0 Å². The average Bonchev–Trinajstić information content (AvgIpc) is 3.37. The molecule has 0 unspecified atom stereocenters. The lowest BCUT2D eigenvalue weighted by atomic mass is 9.78. The number of aromatic nitrogens is 1. The van der Waals surface area contributed by atoms with Crippen LogP contribution in [0.1, 0.15) is 25.0 Å². The smallest absolute Gasteiger partial charge is 0.0715 e. The molecule has 1 aliphatic rings. The van der Waals surface area contributed by atoms with Crippen molar-refractivity contribution in [3.05, 3.63) is 163 Å². The minimum Gasteiger partial charge on any atom is -0.248 e. The molecule has 0 aliphatic heterocycles. The van der Waals surface area contributed by atoms with E-state index in [1.54, 1.807) is 0 Å². The lowest BCUT2D eigenvalue weighted by Crippen LogP contribution is -2.15. The van der Waals surface area contributed by atoms with Gasteiger partial charge in [-0.25, -0.2) is 4.98 Å². The SMILES string of the molecule is CC1(C)c2ccccc2-c2ccc3c4ccc(-c5ccc(-c6ccc7ccccc7n6)c6ccccc56)cc4c4ccccc4c3c21. The molecule has 8 aromatic carbocycles. The molecular weight excluding hydrogens is 567 g/mol. The second-order valence-electron chi connectivity index (χ2n) is 13.5. The van der Waals surface area contributed by atoms with Crippen LogP contribution in [0.5, 0.6) is 0 Å². The van der Waals surface area contributed by atoms with Crippen molar-refractivity contribution < 1.29 is 0 Å². The van der Waals surface area contributed by atoms with Crippen molar-refractivity contribution >= 4 is 54.0 Å². The first-order valence-electron chi connectivity index (χ1n) is 16.5. The molecule has 0 amide bonds. The number of hydrogen-bond donors (Lipinski definition) is 0. The molecule has 1 heteroatoms. The first-order chi connectivity index (χ1) is 23.1. The minimum atomic E-state index is -0.0810. The van der Waals surface area contributed by atoms with Gasteiger partial charge in [-0.05, 0) is 94.7 Å². The summed E-state index contributed by atoms with van der Waals surface area (Å²) in [5.41, 5.74) is 11.2. The summed E-state index contributed by atoms with van der Waals surface area (Å²) in [5, 5.41) is 11.6. The van der Waals surface area contributed by atoms with Crippen molar-refractivity contribution in [3.8, 4) is 33.5 Å². The van der Waals surface area contributed by atoms with E-state index < -0.39 is 0 Å². The Kier molecular flexibility index (Phi) is 5.40. The van der Waals surface area contributed by atoms with Crippen LogP contribution in [0.15, 0.2) is 152 Å². The molecule has 0 bridgehead atoms. The number of para-hydroxylation sites is 1. The van der Waals surface area contributed by atoms with Crippen LogP contribution in [0, 0.1) is 0 Å². The summed E-state index contributed by atoms with van der Waals surface area (Å²) in [6, 6.07) is 55.7. The lowest BCUT2D eigenvalue weighted by Gasteiger charge is -2.25. The molecule has 0 radical (unpaired) electrons. The molecule has 1 aliphatic carbocycles. The van der Waals surface area contributed by atoms with E-state index in [1.165, 1.54) is 76.5 Å². The molecule has 220 valence electrons. The molecule has 47 heavy (non-hydrogen) atoms. The molecule has 9 aromatic rings. The van der Waals surface area contributed by atoms with Crippen molar-refractivity contribution in [2.75, 3.05) is 0 Å². The predicted molar refractivity (Wildman–Crippen MR) is 200 cm³/mol. The van der Waals surface area contributed by atoms with Gasteiger partial charge in [-0.15, -0.1) is 0 Å². The van der Waals surface area contributed by atoms with Crippen LogP contribution < -0.4 is 0 Å². The van der Waals surface area contributed by atoms with Crippen molar-refractivity contribution in [2.45, 2.75) is 19.3 Å². The average molecular weight is 598 g/mol. The van der Waals surface area contributed by atoms with Gasteiger partial charge in [-0.1, -0.05) is 147 Å². The van der Waals surface area contributed by atoms with Gasteiger partial charge in [0.15, 0.2) is 0 Å². The first kappa shape index (κ1) is 26.4. The maximum absolute atomic E-state index is 5.05.